The van der Waals surface area contributed by atoms with E-state index in [0.717, 1.165) is 12.1 Å². The Labute approximate surface area is 163 Å². The molecule has 0 fully saturated rings. The molecule has 0 aliphatic heterocycles. The molecule has 0 unspecified atom stereocenters. The average Bonchev–Trinajstić information content (AvgIpc) is 3.18. The molecule has 0 bridgehead atoms. The third-order valence-electron chi connectivity index (χ3n) is 3.87. The molecular weight excluding hydrogens is 389 g/mol. The summed E-state index contributed by atoms with van der Waals surface area (Å²) in [6.45, 7) is 1.88. The lowest BCUT2D eigenvalue weighted by molar-refractivity contribution is -0.137. The van der Waals surface area contributed by atoms with Crippen LogP contribution in [0.5, 0.6) is 0 Å². The minimum Gasteiger partial charge on any atom is -0.461 e. The highest BCUT2D eigenvalue weighted by Crippen LogP contribution is 2.30. The number of esters is 1. The Hall–Kier alpha value is -3.62. The van der Waals surface area contributed by atoms with Gasteiger partial charge >= 0.3 is 12.1 Å². The van der Waals surface area contributed by atoms with Crippen molar-refractivity contribution in [1.82, 2.24) is 5.16 Å². The van der Waals surface area contributed by atoms with Crippen molar-refractivity contribution < 1.29 is 32.0 Å². The topological polar surface area (TPSA) is 81.4 Å². The third kappa shape index (κ3) is 4.81. The first kappa shape index (κ1) is 20.1. The van der Waals surface area contributed by atoms with Crippen molar-refractivity contribution in [3.05, 3.63) is 71.4 Å². The largest absolute Gasteiger partial charge is 0.461 e. The van der Waals surface area contributed by atoms with Crippen LogP contribution in [0.4, 0.5) is 18.9 Å². The molecule has 9 heteroatoms. The van der Waals surface area contributed by atoms with Crippen molar-refractivity contribution in [2.24, 2.45) is 0 Å². The van der Waals surface area contributed by atoms with Gasteiger partial charge in [0.25, 0.3) is 5.91 Å². The fraction of sp³-hybridized carbons (Fsp3) is 0.150. The van der Waals surface area contributed by atoms with Crippen LogP contribution in [0.3, 0.4) is 0 Å². The van der Waals surface area contributed by atoms with Crippen LogP contribution in [-0.2, 0) is 10.9 Å². The number of halogens is 3. The number of nitrogens with zero attached hydrogens (tertiary/aromatic N) is 1. The average molecular weight is 404 g/mol. The summed E-state index contributed by atoms with van der Waals surface area (Å²) in [6, 6.07) is 11.9. The molecule has 150 valence electrons. The maximum absolute atomic E-state index is 12.8. The second-order valence-corrected chi connectivity index (χ2v) is 5.91. The summed E-state index contributed by atoms with van der Waals surface area (Å²) < 4.78 is 48.3. The summed E-state index contributed by atoms with van der Waals surface area (Å²) in [6.07, 6.45) is -4.53. The molecule has 1 heterocycles. The van der Waals surface area contributed by atoms with E-state index in [-0.39, 0.29) is 17.9 Å². The van der Waals surface area contributed by atoms with E-state index in [4.69, 9.17) is 9.26 Å². The molecule has 1 amide bonds. The molecule has 0 spiro atoms. The molecule has 3 aromatic rings. The number of amides is 1. The molecule has 0 saturated heterocycles. The summed E-state index contributed by atoms with van der Waals surface area (Å²) in [4.78, 5) is 23.9. The van der Waals surface area contributed by atoms with Gasteiger partial charge in [0.05, 0.1) is 12.2 Å². The van der Waals surface area contributed by atoms with Gasteiger partial charge in [-0.2, -0.15) is 13.2 Å². The van der Waals surface area contributed by atoms with Gasteiger partial charge in [-0.1, -0.05) is 11.2 Å². The molecule has 29 heavy (non-hydrogen) atoms. The number of carbonyl (C=O) groups is 2. The fourth-order valence-electron chi connectivity index (χ4n) is 2.47. The first-order valence-electron chi connectivity index (χ1n) is 8.51. The van der Waals surface area contributed by atoms with E-state index in [1.165, 1.54) is 18.2 Å². The van der Waals surface area contributed by atoms with Gasteiger partial charge in [0.15, 0.2) is 11.5 Å². The second kappa shape index (κ2) is 8.17. The predicted octanol–water partition coefficient (Wildman–Crippen LogP) is 4.79. The van der Waals surface area contributed by atoms with E-state index in [2.05, 4.69) is 10.5 Å². The number of aromatic nitrogens is 1. The van der Waals surface area contributed by atoms with Crippen molar-refractivity contribution in [1.29, 1.82) is 0 Å². The minimum absolute atomic E-state index is 0.0313. The number of rotatable bonds is 5. The van der Waals surface area contributed by atoms with Gasteiger partial charge in [-0.25, -0.2) is 4.79 Å². The minimum atomic E-state index is -4.53. The molecule has 0 aliphatic carbocycles. The van der Waals surface area contributed by atoms with E-state index >= 15 is 0 Å². The molecule has 2 aromatic carbocycles. The van der Waals surface area contributed by atoms with Gasteiger partial charge in [0.1, 0.15) is 0 Å². The summed E-state index contributed by atoms with van der Waals surface area (Å²) >= 11 is 0. The number of alkyl halides is 3. The highest BCUT2D eigenvalue weighted by molar-refractivity contribution is 6.04. The van der Waals surface area contributed by atoms with Crippen LogP contribution in [-0.4, -0.2) is 23.6 Å². The van der Waals surface area contributed by atoms with Crippen LogP contribution in [0.2, 0.25) is 0 Å². The van der Waals surface area contributed by atoms with Gasteiger partial charge in [-0.05, 0) is 49.4 Å². The second-order valence-electron chi connectivity index (χ2n) is 5.91. The highest BCUT2D eigenvalue weighted by Gasteiger charge is 2.30. The van der Waals surface area contributed by atoms with E-state index in [0.29, 0.717) is 17.0 Å². The van der Waals surface area contributed by atoms with Gasteiger partial charge in [0, 0.05) is 22.9 Å². The monoisotopic (exact) mass is 404 g/mol. The fourth-order valence-corrected chi connectivity index (χ4v) is 2.47. The zero-order valence-electron chi connectivity index (χ0n) is 15.1. The van der Waals surface area contributed by atoms with E-state index in [9.17, 15) is 22.8 Å². The first-order valence-corrected chi connectivity index (χ1v) is 8.51. The molecule has 1 N–H and O–H groups in total. The van der Waals surface area contributed by atoms with Crippen LogP contribution >= 0.6 is 0 Å². The summed E-state index contributed by atoms with van der Waals surface area (Å²) in [7, 11) is 0. The lowest BCUT2D eigenvalue weighted by atomic mass is 10.1. The highest BCUT2D eigenvalue weighted by atomic mass is 19.4. The zero-order chi connectivity index (χ0) is 21.0. The molecule has 0 saturated carbocycles. The van der Waals surface area contributed by atoms with Crippen LogP contribution in [0.25, 0.3) is 11.3 Å². The standard InChI is InChI=1S/C20H15F3N2O4/c1-2-28-19(27)16-11-17(29-25-16)12-6-8-15(9-7-12)24-18(26)13-4-3-5-14(10-13)20(21,22)23/h3-11H,2H2,1H3,(H,24,26). The lowest BCUT2D eigenvalue weighted by Crippen LogP contribution is -2.13. The van der Waals surface area contributed by atoms with Crippen LogP contribution in [0.15, 0.2) is 59.1 Å². The van der Waals surface area contributed by atoms with E-state index in [1.54, 1.807) is 31.2 Å². The lowest BCUT2D eigenvalue weighted by Gasteiger charge is -2.09. The van der Waals surface area contributed by atoms with Crippen molar-refractivity contribution in [2.45, 2.75) is 13.1 Å². The Bertz CT molecular complexity index is 1030. The normalized spacial score (nSPS) is 11.2. The number of benzene rings is 2. The van der Waals surface area contributed by atoms with E-state index < -0.39 is 23.6 Å². The maximum atomic E-state index is 12.8. The molecule has 1 aromatic heterocycles. The number of hydrogen-bond acceptors (Lipinski definition) is 5. The van der Waals surface area contributed by atoms with Gasteiger partial charge < -0.3 is 14.6 Å². The van der Waals surface area contributed by atoms with Gasteiger partial charge in [-0.15, -0.1) is 0 Å². The first-order chi connectivity index (χ1) is 13.8. The molecular formula is C20H15F3N2O4. The van der Waals surface area contributed by atoms with Crippen molar-refractivity contribution >= 4 is 17.6 Å². The van der Waals surface area contributed by atoms with Crippen LogP contribution < -0.4 is 5.32 Å². The Kier molecular flexibility index (Phi) is 5.67. The number of carbonyl (C=O) groups excluding carboxylic acids is 2. The number of nitrogens with one attached hydrogen (secondary N) is 1. The van der Waals surface area contributed by atoms with Crippen LogP contribution in [0.1, 0.15) is 33.3 Å². The number of anilines is 1. The summed E-state index contributed by atoms with van der Waals surface area (Å²) in [5, 5.41) is 6.17. The third-order valence-corrected chi connectivity index (χ3v) is 3.87. The Balaban J connectivity index is 1.71. The summed E-state index contributed by atoms with van der Waals surface area (Å²) in [5.41, 5.74) is -0.0170. The quantitative estimate of drug-likeness (QED) is 0.619. The summed E-state index contributed by atoms with van der Waals surface area (Å²) in [5.74, 6) is -0.954. The molecule has 0 radical (unpaired) electrons. The molecule has 3 rings (SSSR count). The van der Waals surface area contributed by atoms with Gasteiger partial charge in [0.2, 0.25) is 0 Å². The van der Waals surface area contributed by atoms with Crippen molar-refractivity contribution in [3.63, 3.8) is 0 Å². The van der Waals surface area contributed by atoms with Gasteiger partial charge in [-0.3, -0.25) is 4.79 Å². The molecule has 6 nitrogen and oxygen atoms in total. The predicted molar refractivity (Wildman–Crippen MR) is 97.3 cm³/mol. The van der Waals surface area contributed by atoms with Crippen molar-refractivity contribution in [2.75, 3.05) is 11.9 Å². The van der Waals surface area contributed by atoms with Crippen LogP contribution in [0, 0.1) is 0 Å². The Morgan fingerprint density at radius 2 is 1.83 bits per heavy atom. The Morgan fingerprint density at radius 1 is 1.10 bits per heavy atom. The van der Waals surface area contributed by atoms with E-state index in [1.807, 2.05) is 0 Å². The smallest absolute Gasteiger partial charge is 0.416 e. The zero-order valence-corrected chi connectivity index (χ0v) is 15.1. The SMILES string of the molecule is CCOC(=O)c1cc(-c2ccc(NC(=O)c3cccc(C(F)(F)F)c3)cc2)on1. The number of hydrogen-bond donors (Lipinski definition) is 1. The maximum Gasteiger partial charge on any atom is 0.416 e. The van der Waals surface area contributed by atoms with Crippen molar-refractivity contribution in [3.8, 4) is 11.3 Å². The molecule has 0 aliphatic rings. The molecule has 0 atom stereocenters. The Morgan fingerprint density at radius 3 is 2.48 bits per heavy atom. The number of ether oxygens (including phenoxy) is 1.